The van der Waals surface area contributed by atoms with Crippen molar-refractivity contribution in [1.82, 2.24) is 9.55 Å². The Bertz CT molecular complexity index is 686. The number of thioether (sulfide) groups is 1. The Morgan fingerprint density at radius 3 is 3.00 bits per heavy atom. The topological polar surface area (TPSA) is 55.1 Å². The van der Waals surface area contributed by atoms with Crippen molar-refractivity contribution in [2.45, 2.75) is 37.4 Å². The second kappa shape index (κ2) is 5.67. The van der Waals surface area contributed by atoms with E-state index in [4.69, 9.17) is 5.11 Å². The average molecular weight is 308 g/mol. The maximum atomic E-state index is 13.9. The molecular weight excluding hydrogens is 291 g/mol. The molecule has 4 nitrogen and oxygen atoms in total. The average Bonchev–Trinajstić information content (AvgIpc) is 3.00. The standard InChI is InChI=1S/C15H17FN2O2S/c1-9-5-6-10(7-9)18-12-4-2-3-11(16)14(12)17-15(18)21-8-13(19)20/h2-4,9-10H,5-8H2,1H3,(H,19,20). The third-order valence-electron chi connectivity index (χ3n) is 4.00. The Kier molecular flexibility index (Phi) is 3.89. The van der Waals surface area contributed by atoms with Crippen LogP contribution in [-0.4, -0.2) is 26.4 Å². The van der Waals surface area contributed by atoms with Crippen LogP contribution in [0.15, 0.2) is 23.4 Å². The van der Waals surface area contributed by atoms with E-state index in [2.05, 4.69) is 11.9 Å². The van der Waals surface area contributed by atoms with Gasteiger partial charge in [0.15, 0.2) is 11.0 Å². The van der Waals surface area contributed by atoms with E-state index in [1.54, 1.807) is 6.07 Å². The molecule has 0 spiro atoms. The van der Waals surface area contributed by atoms with E-state index < -0.39 is 5.97 Å². The minimum absolute atomic E-state index is 0.0623. The summed E-state index contributed by atoms with van der Waals surface area (Å²) in [5.74, 6) is -0.667. The fraction of sp³-hybridized carbons (Fsp3) is 0.467. The summed E-state index contributed by atoms with van der Waals surface area (Å²) >= 11 is 1.16. The molecule has 1 fully saturated rings. The van der Waals surface area contributed by atoms with E-state index in [0.717, 1.165) is 36.5 Å². The van der Waals surface area contributed by atoms with Gasteiger partial charge in [0.25, 0.3) is 0 Å². The highest BCUT2D eigenvalue weighted by atomic mass is 32.2. The number of hydrogen-bond donors (Lipinski definition) is 1. The van der Waals surface area contributed by atoms with Gasteiger partial charge in [-0.15, -0.1) is 0 Å². The molecule has 21 heavy (non-hydrogen) atoms. The first-order valence-electron chi connectivity index (χ1n) is 7.07. The number of carboxylic acid groups (broad SMARTS) is 1. The van der Waals surface area contributed by atoms with Crippen molar-refractivity contribution in [2.24, 2.45) is 5.92 Å². The first kappa shape index (κ1) is 14.4. The first-order chi connectivity index (χ1) is 10.1. The molecule has 0 amide bonds. The molecule has 0 saturated heterocycles. The summed E-state index contributed by atoms with van der Waals surface area (Å²) in [5, 5.41) is 9.48. The van der Waals surface area contributed by atoms with E-state index >= 15 is 0 Å². The molecule has 1 N–H and O–H groups in total. The van der Waals surface area contributed by atoms with Crippen LogP contribution in [-0.2, 0) is 4.79 Å². The van der Waals surface area contributed by atoms with Crippen molar-refractivity contribution in [3.8, 4) is 0 Å². The molecule has 1 aliphatic rings. The van der Waals surface area contributed by atoms with Gasteiger partial charge in [-0.25, -0.2) is 9.37 Å². The lowest BCUT2D eigenvalue weighted by atomic mass is 10.1. The van der Waals surface area contributed by atoms with Crippen LogP contribution in [0.1, 0.15) is 32.2 Å². The largest absolute Gasteiger partial charge is 0.481 e. The van der Waals surface area contributed by atoms with E-state index in [-0.39, 0.29) is 17.6 Å². The molecule has 1 saturated carbocycles. The quantitative estimate of drug-likeness (QED) is 0.875. The van der Waals surface area contributed by atoms with Gasteiger partial charge in [0.1, 0.15) is 5.52 Å². The number of hydrogen-bond acceptors (Lipinski definition) is 3. The van der Waals surface area contributed by atoms with E-state index in [9.17, 15) is 9.18 Å². The Balaban J connectivity index is 2.06. The van der Waals surface area contributed by atoms with E-state index in [1.807, 2.05) is 10.6 Å². The Morgan fingerprint density at radius 2 is 2.33 bits per heavy atom. The van der Waals surface area contributed by atoms with Gasteiger partial charge in [-0.2, -0.15) is 0 Å². The van der Waals surface area contributed by atoms with Gasteiger partial charge in [-0.05, 0) is 37.3 Å². The highest BCUT2D eigenvalue weighted by molar-refractivity contribution is 7.99. The molecule has 3 rings (SSSR count). The summed E-state index contributed by atoms with van der Waals surface area (Å²) in [4.78, 5) is 15.1. The molecule has 0 radical (unpaired) electrons. The molecule has 2 atom stereocenters. The molecule has 6 heteroatoms. The zero-order valence-corrected chi connectivity index (χ0v) is 12.6. The summed E-state index contributed by atoms with van der Waals surface area (Å²) in [5.41, 5.74) is 1.10. The van der Waals surface area contributed by atoms with Crippen LogP contribution < -0.4 is 0 Å². The van der Waals surface area contributed by atoms with Gasteiger partial charge in [0.05, 0.1) is 11.3 Å². The number of para-hydroxylation sites is 1. The van der Waals surface area contributed by atoms with Crippen LogP contribution in [0.3, 0.4) is 0 Å². The predicted octanol–water partition coefficient (Wildman–Crippen LogP) is 3.71. The molecular formula is C15H17FN2O2S. The van der Waals surface area contributed by atoms with Crippen molar-refractivity contribution in [3.05, 3.63) is 24.0 Å². The van der Waals surface area contributed by atoms with Gasteiger partial charge in [-0.1, -0.05) is 24.8 Å². The monoisotopic (exact) mass is 308 g/mol. The normalized spacial score (nSPS) is 22.0. The summed E-state index contributed by atoms with van der Waals surface area (Å²) < 4.78 is 16.0. The van der Waals surface area contributed by atoms with Gasteiger partial charge >= 0.3 is 5.97 Å². The number of aromatic nitrogens is 2. The third kappa shape index (κ3) is 2.77. The lowest BCUT2D eigenvalue weighted by molar-refractivity contribution is -0.133. The number of fused-ring (bicyclic) bond motifs is 1. The predicted molar refractivity (Wildman–Crippen MR) is 80.1 cm³/mol. The van der Waals surface area contributed by atoms with Crippen LogP contribution in [0.4, 0.5) is 4.39 Å². The number of imidazole rings is 1. The van der Waals surface area contributed by atoms with Gasteiger partial charge in [0, 0.05) is 6.04 Å². The fourth-order valence-corrected chi connectivity index (χ4v) is 3.85. The van der Waals surface area contributed by atoms with Crippen LogP contribution in [0.25, 0.3) is 11.0 Å². The second-order valence-electron chi connectivity index (χ2n) is 5.63. The Hall–Kier alpha value is -1.56. The van der Waals surface area contributed by atoms with Crippen molar-refractivity contribution in [3.63, 3.8) is 0 Å². The number of aliphatic carboxylic acids is 1. The van der Waals surface area contributed by atoms with Gasteiger partial charge in [0.2, 0.25) is 0 Å². The van der Waals surface area contributed by atoms with Gasteiger partial charge < -0.3 is 9.67 Å². The van der Waals surface area contributed by atoms with Crippen LogP contribution in [0, 0.1) is 11.7 Å². The number of rotatable bonds is 4. The minimum Gasteiger partial charge on any atom is -0.481 e. The molecule has 1 aliphatic carbocycles. The molecule has 2 unspecified atom stereocenters. The van der Waals surface area contributed by atoms with E-state index in [1.165, 1.54) is 6.07 Å². The second-order valence-corrected chi connectivity index (χ2v) is 6.57. The zero-order chi connectivity index (χ0) is 15.0. The molecule has 0 aliphatic heterocycles. The van der Waals surface area contributed by atoms with Gasteiger partial charge in [-0.3, -0.25) is 4.79 Å². The number of carbonyl (C=O) groups is 1. The lowest BCUT2D eigenvalue weighted by Gasteiger charge is -2.16. The van der Waals surface area contributed by atoms with Crippen molar-refractivity contribution >= 4 is 28.8 Å². The summed E-state index contributed by atoms with van der Waals surface area (Å²) in [6, 6.07) is 5.21. The minimum atomic E-state index is -0.890. The van der Waals surface area contributed by atoms with Crippen molar-refractivity contribution in [1.29, 1.82) is 0 Å². The Labute approximate surface area is 126 Å². The molecule has 1 aromatic carbocycles. The summed E-state index contributed by atoms with van der Waals surface area (Å²) in [7, 11) is 0. The fourth-order valence-electron chi connectivity index (χ4n) is 3.05. The smallest absolute Gasteiger partial charge is 0.313 e. The van der Waals surface area contributed by atoms with Crippen LogP contribution in [0.2, 0.25) is 0 Å². The number of halogens is 1. The van der Waals surface area contributed by atoms with Crippen molar-refractivity contribution in [2.75, 3.05) is 5.75 Å². The molecule has 1 heterocycles. The number of nitrogens with zero attached hydrogens (tertiary/aromatic N) is 2. The third-order valence-corrected chi connectivity index (χ3v) is 4.93. The highest BCUT2D eigenvalue weighted by Gasteiger charge is 2.27. The maximum Gasteiger partial charge on any atom is 0.313 e. The molecule has 2 aromatic rings. The highest BCUT2D eigenvalue weighted by Crippen LogP contribution is 2.39. The van der Waals surface area contributed by atoms with Crippen LogP contribution >= 0.6 is 11.8 Å². The van der Waals surface area contributed by atoms with E-state index in [0.29, 0.717) is 16.6 Å². The van der Waals surface area contributed by atoms with Crippen molar-refractivity contribution < 1.29 is 14.3 Å². The first-order valence-corrected chi connectivity index (χ1v) is 8.06. The summed E-state index contributed by atoms with van der Waals surface area (Å²) in [6.45, 7) is 2.21. The Morgan fingerprint density at radius 1 is 1.52 bits per heavy atom. The molecule has 0 bridgehead atoms. The SMILES string of the molecule is CC1CCC(n2c(SCC(=O)O)nc3c(F)cccc32)C1. The summed E-state index contributed by atoms with van der Waals surface area (Å²) in [6.07, 6.45) is 3.20. The molecule has 112 valence electrons. The zero-order valence-electron chi connectivity index (χ0n) is 11.8. The maximum absolute atomic E-state index is 13.9. The molecule has 1 aromatic heterocycles. The number of carboxylic acids is 1. The number of benzene rings is 1. The van der Waals surface area contributed by atoms with Crippen LogP contribution in [0.5, 0.6) is 0 Å². The lowest BCUT2D eigenvalue weighted by Crippen LogP contribution is -2.08.